The maximum absolute atomic E-state index is 11.5. The van der Waals surface area contributed by atoms with Crippen molar-refractivity contribution in [2.75, 3.05) is 0 Å². The Labute approximate surface area is 65.7 Å². The summed E-state index contributed by atoms with van der Waals surface area (Å²) in [5.74, 6) is 0.0748. The Morgan fingerprint density at radius 2 is 2.09 bits per heavy atom. The summed E-state index contributed by atoms with van der Waals surface area (Å²) in [6.45, 7) is 3.33. The van der Waals surface area contributed by atoms with Gasteiger partial charge in [-0.05, 0) is 19.9 Å². The predicted octanol–water partition coefficient (Wildman–Crippen LogP) is 2.21. The minimum absolute atomic E-state index is 0.0748. The fourth-order valence-electron chi connectivity index (χ4n) is 0.432. The van der Waals surface area contributed by atoms with Gasteiger partial charge in [0.15, 0.2) is 5.76 Å². The van der Waals surface area contributed by atoms with Crippen molar-refractivity contribution in [3.05, 3.63) is 35.8 Å². The summed E-state index contributed by atoms with van der Waals surface area (Å²) >= 11 is 0. The van der Waals surface area contributed by atoms with Gasteiger partial charge in [0.2, 0.25) is 0 Å². The molecule has 0 bridgehead atoms. The van der Waals surface area contributed by atoms with E-state index < -0.39 is 0 Å². The zero-order valence-electron chi connectivity index (χ0n) is 6.67. The lowest BCUT2D eigenvalue weighted by Crippen LogP contribution is -1.97. The molecule has 0 spiro atoms. The van der Waals surface area contributed by atoms with Crippen molar-refractivity contribution < 1.29 is 9.47 Å². The van der Waals surface area contributed by atoms with Crippen molar-refractivity contribution in [1.82, 2.24) is 0 Å². The van der Waals surface area contributed by atoms with Gasteiger partial charge in [0.25, 0.3) is 0 Å². The van der Waals surface area contributed by atoms with Crippen LogP contribution in [0.15, 0.2) is 35.8 Å². The first kappa shape index (κ1) is 9.75. The minimum Gasteiger partial charge on any atom is -0.396 e. The van der Waals surface area contributed by atoms with E-state index in [2.05, 4.69) is 4.94 Å². The predicted molar refractivity (Wildman–Crippen MR) is 43.0 cm³/mol. The molecule has 0 aromatic heterocycles. The molecule has 2 nitrogen and oxygen atoms in total. The summed E-state index contributed by atoms with van der Waals surface area (Å²) in [7, 11) is 0. The van der Waals surface area contributed by atoms with Crippen LogP contribution < -0.4 is 5.73 Å². The topological polar surface area (TPSA) is 35.2 Å². The van der Waals surface area contributed by atoms with Gasteiger partial charge in [-0.25, -0.2) is 0 Å². The average Bonchev–Trinajstić information content (AvgIpc) is 2.03. The molecular weight excluding hydrogens is 145 g/mol. The lowest BCUT2D eigenvalue weighted by atomic mass is 10.3. The number of rotatable bonds is 3. The lowest BCUT2D eigenvalue weighted by molar-refractivity contribution is -0.0832. The zero-order chi connectivity index (χ0) is 8.69. The molecule has 3 heteroatoms. The highest BCUT2D eigenvalue weighted by Gasteiger charge is 1.92. The van der Waals surface area contributed by atoms with E-state index in [4.69, 9.17) is 5.73 Å². The van der Waals surface area contributed by atoms with E-state index in [0.29, 0.717) is 0 Å². The second-order valence-electron chi connectivity index (χ2n) is 1.97. The standard InChI is InChI=1S/C8H12FNO/c1-3-4-5-6-8(10)7(2)11-9/h3-6H,10H2,1-2H3/b4-3-,6-5-,8-7-. The molecule has 0 saturated carbocycles. The van der Waals surface area contributed by atoms with Gasteiger partial charge in [-0.15, -0.1) is 0 Å². The minimum atomic E-state index is 0.0748. The quantitative estimate of drug-likeness (QED) is 0.503. The number of halogens is 1. The summed E-state index contributed by atoms with van der Waals surface area (Å²) in [5, 5.41) is 0. The van der Waals surface area contributed by atoms with Gasteiger partial charge in [-0.1, -0.05) is 18.2 Å². The van der Waals surface area contributed by atoms with Crippen LogP contribution in [-0.4, -0.2) is 0 Å². The van der Waals surface area contributed by atoms with E-state index in [1.807, 2.05) is 13.0 Å². The third-order valence-electron chi connectivity index (χ3n) is 1.10. The highest BCUT2D eigenvalue weighted by molar-refractivity contribution is 5.20. The Hall–Kier alpha value is -1.25. The summed E-state index contributed by atoms with van der Waals surface area (Å²) in [6, 6.07) is 0. The number of allylic oxidation sites excluding steroid dienone is 5. The molecule has 0 fully saturated rings. The molecule has 0 unspecified atom stereocenters. The van der Waals surface area contributed by atoms with E-state index in [1.165, 1.54) is 6.92 Å². The fourth-order valence-corrected chi connectivity index (χ4v) is 0.432. The fraction of sp³-hybridized carbons (Fsp3) is 0.250. The van der Waals surface area contributed by atoms with Crippen LogP contribution in [0.2, 0.25) is 0 Å². The maximum atomic E-state index is 11.5. The highest BCUT2D eigenvalue weighted by Crippen LogP contribution is 2.01. The lowest BCUT2D eigenvalue weighted by Gasteiger charge is -1.94. The van der Waals surface area contributed by atoms with Crippen LogP contribution in [0.5, 0.6) is 0 Å². The van der Waals surface area contributed by atoms with Crippen molar-refractivity contribution in [1.29, 1.82) is 0 Å². The van der Waals surface area contributed by atoms with Crippen molar-refractivity contribution in [2.45, 2.75) is 13.8 Å². The molecule has 0 radical (unpaired) electrons. The Kier molecular flexibility index (Phi) is 4.90. The van der Waals surface area contributed by atoms with Gasteiger partial charge in [0.05, 0.1) is 5.70 Å². The zero-order valence-corrected chi connectivity index (χ0v) is 6.67. The molecule has 2 N–H and O–H groups in total. The number of nitrogens with two attached hydrogens (primary N) is 1. The second kappa shape index (κ2) is 5.53. The molecule has 0 atom stereocenters. The molecule has 0 aromatic rings. The highest BCUT2D eigenvalue weighted by atomic mass is 19.3. The SMILES string of the molecule is C\C=C/C=C\C(N)=C(/C)OF. The first-order valence-electron chi connectivity index (χ1n) is 3.26. The van der Waals surface area contributed by atoms with Crippen LogP contribution in [-0.2, 0) is 4.94 Å². The van der Waals surface area contributed by atoms with Crippen molar-refractivity contribution in [3.8, 4) is 0 Å². The summed E-state index contributed by atoms with van der Waals surface area (Å²) in [5.41, 5.74) is 5.65. The monoisotopic (exact) mass is 157 g/mol. The molecule has 0 aliphatic heterocycles. The van der Waals surface area contributed by atoms with Gasteiger partial charge in [-0.2, -0.15) is 0 Å². The second-order valence-corrected chi connectivity index (χ2v) is 1.97. The van der Waals surface area contributed by atoms with Crippen LogP contribution in [0, 0.1) is 0 Å². The third-order valence-corrected chi connectivity index (χ3v) is 1.10. The molecule has 0 aliphatic rings. The van der Waals surface area contributed by atoms with E-state index >= 15 is 0 Å². The largest absolute Gasteiger partial charge is 0.396 e. The normalized spacial score (nSPS) is 14.1. The van der Waals surface area contributed by atoms with Gasteiger partial charge in [-0.3, -0.25) is 4.94 Å². The van der Waals surface area contributed by atoms with Gasteiger partial charge < -0.3 is 5.73 Å². The molecule has 0 aliphatic carbocycles. The van der Waals surface area contributed by atoms with Crippen molar-refractivity contribution in [3.63, 3.8) is 0 Å². The Morgan fingerprint density at radius 3 is 2.55 bits per heavy atom. The number of hydrogen-bond donors (Lipinski definition) is 1. The first-order chi connectivity index (χ1) is 5.22. The van der Waals surface area contributed by atoms with Crippen LogP contribution in [0.25, 0.3) is 0 Å². The molecular formula is C8H12FNO. The van der Waals surface area contributed by atoms with Crippen molar-refractivity contribution in [2.24, 2.45) is 5.73 Å². The summed E-state index contributed by atoms with van der Waals surface area (Å²) in [4.78, 5) is 3.42. The van der Waals surface area contributed by atoms with Crippen LogP contribution in [0.1, 0.15) is 13.8 Å². The average molecular weight is 157 g/mol. The van der Waals surface area contributed by atoms with E-state index in [-0.39, 0.29) is 11.5 Å². The van der Waals surface area contributed by atoms with Crippen LogP contribution in [0.4, 0.5) is 4.53 Å². The van der Waals surface area contributed by atoms with Gasteiger partial charge >= 0.3 is 0 Å². The number of hydrogen-bond acceptors (Lipinski definition) is 2. The van der Waals surface area contributed by atoms with E-state index in [9.17, 15) is 4.53 Å². The first-order valence-corrected chi connectivity index (χ1v) is 3.26. The van der Waals surface area contributed by atoms with Crippen molar-refractivity contribution >= 4 is 0 Å². The molecule has 0 amide bonds. The molecule has 11 heavy (non-hydrogen) atoms. The molecule has 62 valence electrons. The molecule has 0 heterocycles. The van der Waals surface area contributed by atoms with Crippen LogP contribution in [0.3, 0.4) is 0 Å². The van der Waals surface area contributed by atoms with Crippen LogP contribution >= 0.6 is 0 Å². The van der Waals surface area contributed by atoms with Gasteiger partial charge in [0.1, 0.15) is 0 Å². The van der Waals surface area contributed by atoms with E-state index in [0.717, 1.165) is 0 Å². The summed E-state index contributed by atoms with van der Waals surface area (Å²) in [6.07, 6.45) is 6.90. The smallest absolute Gasteiger partial charge is 0.168 e. The van der Waals surface area contributed by atoms with E-state index in [1.54, 1.807) is 18.2 Å². The Bertz CT molecular complexity index is 194. The maximum Gasteiger partial charge on any atom is 0.168 e. The molecule has 0 rings (SSSR count). The van der Waals surface area contributed by atoms with Gasteiger partial charge in [0, 0.05) is 4.53 Å². The Morgan fingerprint density at radius 1 is 1.45 bits per heavy atom. The Balaban J connectivity index is 4.14. The molecule has 0 aromatic carbocycles. The summed E-state index contributed by atoms with van der Waals surface area (Å²) < 4.78 is 11.5. The third kappa shape index (κ3) is 4.19. The molecule has 0 saturated heterocycles.